The molecule has 2 rings (SSSR count). The van der Waals surface area contributed by atoms with Gasteiger partial charge in [0.15, 0.2) is 0 Å². The molecule has 0 radical (unpaired) electrons. The second-order valence-corrected chi connectivity index (χ2v) is 4.06. The molecular formula is C12H14BNO2. The van der Waals surface area contributed by atoms with Gasteiger partial charge in [0.1, 0.15) is 0 Å². The lowest BCUT2D eigenvalue weighted by molar-refractivity contribution is 0.426. The molecule has 2 N–H and O–H groups in total. The Hall–Kier alpha value is -1.52. The third-order valence-corrected chi connectivity index (χ3v) is 2.66. The number of anilines is 1. The van der Waals surface area contributed by atoms with E-state index in [-0.39, 0.29) is 0 Å². The van der Waals surface area contributed by atoms with Crippen molar-refractivity contribution in [3.05, 3.63) is 36.4 Å². The Morgan fingerprint density at radius 2 is 1.56 bits per heavy atom. The molecule has 4 heteroatoms. The standard InChI is InChI=1S/C12H14BNO2/c1-14(2)12-6-4-9-7-11(13(15)16)5-3-10(9)8-12/h3-8,15-16H,1-2H3. The second-order valence-electron chi connectivity index (χ2n) is 4.06. The van der Waals surface area contributed by atoms with E-state index >= 15 is 0 Å². The van der Waals surface area contributed by atoms with Crippen LogP contribution in [-0.2, 0) is 0 Å². The van der Waals surface area contributed by atoms with Crippen LogP contribution in [0.5, 0.6) is 0 Å². The Balaban J connectivity index is 2.53. The fourth-order valence-electron chi connectivity index (χ4n) is 1.69. The molecule has 0 aliphatic rings. The first-order valence-electron chi connectivity index (χ1n) is 5.15. The number of fused-ring (bicyclic) bond motifs is 1. The lowest BCUT2D eigenvalue weighted by atomic mass is 9.79. The van der Waals surface area contributed by atoms with Crippen molar-refractivity contribution in [2.75, 3.05) is 19.0 Å². The first-order valence-corrected chi connectivity index (χ1v) is 5.15. The second kappa shape index (κ2) is 4.16. The molecule has 0 saturated carbocycles. The zero-order chi connectivity index (χ0) is 11.7. The molecule has 16 heavy (non-hydrogen) atoms. The van der Waals surface area contributed by atoms with Gasteiger partial charge in [-0.25, -0.2) is 0 Å². The molecule has 2 aromatic carbocycles. The predicted octanol–water partition coefficient (Wildman–Crippen LogP) is 0.586. The van der Waals surface area contributed by atoms with E-state index in [1.165, 1.54) is 0 Å². The van der Waals surface area contributed by atoms with Gasteiger partial charge in [-0.2, -0.15) is 0 Å². The number of hydrogen-bond acceptors (Lipinski definition) is 3. The molecule has 0 aliphatic heterocycles. The molecule has 0 heterocycles. The number of nitrogens with zero attached hydrogens (tertiary/aromatic N) is 1. The van der Waals surface area contributed by atoms with Crippen LogP contribution in [0.15, 0.2) is 36.4 Å². The smallest absolute Gasteiger partial charge is 0.423 e. The van der Waals surface area contributed by atoms with E-state index < -0.39 is 7.12 Å². The van der Waals surface area contributed by atoms with Crippen molar-refractivity contribution in [1.82, 2.24) is 0 Å². The summed E-state index contributed by atoms with van der Waals surface area (Å²) in [5.41, 5.74) is 1.65. The van der Waals surface area contributed by atoms with E-state index in [9.17, 15) is 0 Å². The fourth-order valence-corrected chi connectivity index (χ4v) is 1.69. The monoisotopic (exact) mass is 215 g/mol. The highest BCUT2D eigenvalue weighted by atomic mass is 16.4. The van der Waals surface area contributed by atoms with Crippen molar-refractivity contribution in [2.45, 2.75) is 0 Å². The Morgan fingerprint density at radius 3 is 2.19 bits per heavy atom. The van der Waals surface area contributed by atoms with Gasteiger partial charge in [0, 0.05) is 19.8 Å². The molecule has 0 aromatic heterocycles. The van der Waals surface area contributed by atoms with Crippen molar-refractivity contribution < 1.29 is 10.0 Å². The zero-order valence-electron chi connectivity index (χ0n) is 9.38. The third-order valence-electron chi connectivity index (χ3n) is 2.66. The number of benzene rings is 2. The van der Waals surface area contributed by atoms with Crippen LogP contribution in [0, 0.1) is 0 Å². The summed E-state index contributed by atoms with van der Waals surface area (Å²) in [6.07, 6.45) is 0. The van der Waals surface area contributed by atoms with Crippen LogP contribution in [0.4, 0.5) is 5.69 Å². The maximum Gasteiger partial charge on any atom is 0.488 e. The lowest BCUT2D eigenvalue weighted by Gasteiger charge is -2.13. The Morgan fingerprint density at radius 1 is 0.938 bits per heavy atom. The van der Waals surface area contributed by atoms with Crippen LogP contribution in [0.3, 0.4) is 0 Å². The summed E-state index contributed by atoms with van der Waals surface area (Å²) in [4.78, 5) is 2.04. The maximum atomic E-state index is 9.07. The van der Waals surface area contributed by atoms with Crippen LogP contribution >= 0.6 is 0 Å². The third kappa shape index (κ3) is 2.03. The van der Waals surface area contributed by atoms with Crippen LogP contribution in [-0.4, -0.2) is 31.3 Å². The van der Waals surface area contributed by atoms with Crippen LogP contribution in [0.25, 0.3) is 10.8 Å². The summed E-state index contributed by atoms with van der Waals surface area (Å²) >= 11 is 0. The van der Waals surface area contributed by atoms with Crippen molar-refractivity contribution >= 4 is 29.0 Å². The molecule has 82 valence electrons. The number of rotatable bonds is 2. The molecule has 0 amide bonds. The van der Waals surface area contributed by atoms with Crippen molar-refractivity contribution in [3.63, 3.8) is 0 Å². The van der Waals surface area contributed by atoms with E-state index in [2.05, 4.69) is 6.07 Å². The fraction of sp³-hybridized carbons (Fsp3) is 0.167. The maximum absolute atomic E-state index is 9.07. The van der Waals surface area contributed by atoms with Crippen molar-refractivity contribution in [1.29, 1.82) is 0 Å². The zero-order valence-corrected chi connectivity index (χ0v) is 9.38. The molecule has 0 bridgehead atoms. The highest BCUT2D eigenvalue weighted by Crippen LogP contribution is 2.19. The van der Waals surface area contributed by atoms with Gasteiger partial charge in [0.2, 0.25) is 0 Å². The largest absolute Gasteiger partial charge is 0.488 e. The van der Waals surface area contributed by atoms with Crippen LogP contribution in [0.2, 0.25) is 0 Å². The van der Waals surface area contributed by atoms with Gasteiger partial charge in [0.05, 0.1) is 0 Å². The molecule has 0 atom stereocenters. The van der Waals surface area contributed by atoms with Crippen LogP contribution < -0.4 is 10.4 Å². The quantitative estimate of drug-likeness (QED) is 0.720. The van der Waals surface area contributed by atoms with E-state index in [1.807, 2.05) is 37.2 Å². The topological polar surface area (TPSA) is 43.7 Å². The summed E-state index contributed by atoms with van der Waals surface area (Å²) in [7, 11) is 2.58. The van der Waals surface area contributed by atoms with Gasteiger partial charge >= 0.3 is 7.12 Å². The number of hydrogen-bond donors (Lipinski definition) is 2. The highest BCUT2D eigenvalue weighted by molar-refractivity contribution is 6.58. The van der Waals surface area contributed by atoms with E-state index in [1.54, 1.807) is 12.1 Å². The molecule has 0 aliphatic carbocycles. The van der Waals surface area contributed by atoms with Crippen molar-refractivity contribution in [2.24, 2.45) is 0 Å². The van der Waals surface area contributed by atoms with Crippen molar-refractivity contribution in [3.8, 4) is 0 Å². The molecule has 0 saturated heterocycles. The Kier molecular flexibility index (Phi) is 2.85. The summed E-state index contributed by atoms with van der Waals surface area (Å²) in [5, 5.41) is 20.3. The van der Waals surface area contributed by atoms with Gasteiger partial charge in [-0.3, -0.25) is 0 Å². The van der Waals surface area contributed by atoms with Gasteiger partial charge in [-0.05, 0) is 28.4 Å². The molecule has 3 nitrogen and oxygen atoms in total. The average molecular weight is 215 g/mol. The van der Waals surface area contributed by atoms with Gasteiger partial charge in [0.25, 0.3) is 0 Å². The summed E-state index contributed by atoms with van der Waals surface area (Å²) < 4.78 is 0. The van der Waals surface area contributed by atoms with Crippen LogP contribution in [0.1, 0.15) is 0 Å². The van der Waals surface area contributed by atoms with E-state index in [4.69, 9.17) is 10.0 Å². The van der Waals surface area contributed by atoms with Gasteiger partial charge in [-0.15, -0.1) is 0 Å². The summed E-state index contributed by atoms with van der Waals surface area (Å²) in [6, 6.07) is 11.5. The van der Waals surface area contributed by atoms with E-state index in [0.717, 1.165) is 16.5 Å². The van der Waals surface area contributed by atoms with Gasteiger partial charge < -0.3 is 14.9 Å². The Bertz CT molecular complexity index is 464. The average Bonchev–Trinajstić information content (AvgIpc) is 2.27. The SMILES string of the molecule is CN(C)c1ccc2cc(B(O)O)ccc2c1. The minimum Gasteiger partial charge on any atom is -0.423 e. The minimum absolute atomic E-state index is 0.519. The molecule has 2 aromatic rings. The molecular weight excluding hydrogens is 201 g/mol. The first kappa shape index (κ1) is 11.0. The molecule has 0 unspecified atom stereocenters. The lowest BCUT2D eigenvalue weighted by Crippen LogP contribution is -2.29. The molecule has 0 fully saturated rings. The Labute approximate surface area is 95.1 Å². The van der Waals surface area contributed by atoms with E-state index in [0.29, 0.717) is 5.46 Å². The minimum atomic E-state index is -1.40. The predicted molar refractivity (Wildman–Crippen MR) is 68.1 cm³/mol. The normalized spacial score (nSPS) is 10.5. The summed E-state index contributed by atoms with van der Waals surface area (Å²) in [5.74, 6) is 0. The van der Waals surface area contributed by atoms with Gasteiger partial charge in [-0.1, -0.05) is 24.3 Å². The molecule has 0 spiro atoms. The first-order chi connectivity index (χ1) is 7.58. The highest BCUT2D eigenvalue weighted by Gasteiger charge is 2.10. The summed E-state index contributed by atoms with van der Waals surface area (Å²) in [6.45, 7) is 0.